The average molecular weight is 293 g/mol. The molecular formula is C17H27NO3. The normalized spacial score (nSPS) is 22.5. The van der Waals surface area contributed by atoms with Gasteiger partial charge in [-0.1, -0.05) is 6.07 Å². The van der Waals surface area contributed by atoms with Crippen molar-refractivity contribution < 1.29 is 14.2 Å². The second kappa shape index (κ2) is 7.66. The van der Waals surface area contributed by atoms with Gasteiger partial charge >= 0.3 is 0 Å². The third-order valence-electron chi connectivity index (χ3n) is 4.33. The predicted molar refractivity (Wildman–Crippen MR) is 84.1 cm³/mol. The number of ether oxygens (including phenoxy) is 3. The lowest BCUT2D eigenvalue weighted by atomic mass is 9.77. The molecule has 4 nitrogen and oxygen atoms in total. The molecule has 1 aromatic carbocycles. The van der Waals surface area contributed by atoms with Crippen molar-refractivity contribution in [2.75, 3.05) is 27.9 Å². The molecule has 0 saturated heterocycles. The molecule has 21 heavy (non-hydrogen) atoms. The first-order valence-corrected chi connectivity index (χ1v) is 7.73. The van der Waals surface area contributed by atoms with Crippen LogP contribution in [0.5, 0.6) is 11.5 Å². The highest BCUT2D eigenvalue weighted by atomic mass is 16.5. The van der Waals surface area contributed by atoms with Crippen molar-refractivity contribution in [3.63, 3.8) is 0 Å². The van der Waals surface area contributed by atoms with Crippen LogP contribution in [0.15, 0.2) is 18.2 Å². The van der Waals surface area contributed by atoms with Crippen LogP contribution in [0.25, 0.3) is 0 Å². The zero-order chi connectivity index (χ0) is 15.2. The summed E-state index contributed by atoms with van der Waals surface area (Å²) >= 11 is 0. The molecule has 1 atom stereocenters. The summed E-state index contributed by atoms with van der Waals surface area (Å²) in [5.74, 6) is 2.47. The average Bonchev–Trinajstić information content (AvgIpc) is 2.48. The summed E-state index contributed by atoms with van der Waals surface area (Å²) in [5, 5.41) is 3.41. The largest absolute Gasteiger partial charge is 0.496 e. The maximum Gasteiger partial charge on any atom is 0.127 e. The van der Waals surface area contributed by atoms with E-state index in [-0.39, 0.29) is 6.04 Å². The van der Waals surface area contributed by atoms with E-state index < -0.39 is 0 Å². The van der Waals surface area contributed by atoms with Gasteiger partial charge in [0.05, 0.1) is 25.9 Å². The summed E-state index contributed by atoms with van der Waals surface area (Å²) < 4.78 is 16.7. The number of nitrogens with one attached hydrogen (secondary N) is 1. The molecular weight excluding hydrogens is 266 g/mol. The molecule has 1 unspecified atom stereocenters. The van der Waals surface area contributed by atoms with E-state index in [1.54, 1.807) is 14.2 Å². The van der Waals surface area contributed by atoms with Crippen LogP contribution in [0.3, 0.4) is 0 Å². The summed E-state index contributed by atoms with van der Waals surface area (Å²) in [5.41, 5.74) is 1.12. The first-order chi connectivity index (χ1) is 10.2. The highest BCUT2D eigenvalue weighted by Gasteiger charge is 2.33. The van der Waals surface area contributed by atoms with Crippen molar-refractivity contribution >= 4 is 0 Å². The second-order valence-electron chi connectivity index (χ2n) is 5.57. The summed E-state index contributed by atoms with van der Waals surface area (Å²) in [6, 6.07) is 6.18. The smallest absolute Gasteiger partial charge is 0.127 e. The van der Waals surface area contributed by atoms with Gasteiger partial charge in [0.1, 0.15) is 11.5 Å². The summed E-state index contributed by atoms with van der Waals surface area (Å²) in [4.78, 5) is 0. The van der Waals surface area contributed by atoms with Crippen molar-refractivity contribution in [2.45, 2.75) is 38.3 Å². The van der Waals surface area contributed by atoms with Gasteiger partial charge in [-0.15, -0.1) is 0 Å². The van der Waals surface area contributed by atoms with Gasteiger partial charge in [-0.3, -0.25) is 0 Å². The molecule has 118 valence electrons. The molecule has 0 radical (unpaired) electrons. The third-order valence-corrected chi connectivity index (χ3v) is 4.33. The number of rotatable bonds is 8. The zero-order valence-electron chi connectivity index (χ0n) is 13.5. The van der Waals surface area contributed by atoms with E-state index in [1.165, 1.54) is 0 Å². The Bertz CT molecular complexity index is 421. The van der Waals surface area contributed by atoms with E-state index in [4.69, 9.17) is 14.2 Å². The molecule has 1 aliphatic rings. The molecule has 0 amide bonds. The Morgan fingerprint density at radius 1 is 1.19 bits per heavy atom. The third kappa shape index (κ3) is 3.69. The summed E-state index contributed by atoms with van der Waals surface area (Å²) in [6.07, 6.45) is 3.85. The molecule has 0 bridgehead atoms. The molecule has 4 heteroatoms. The Balaban J connectivity index is 2.07. The van der Waals surface area contributed by atoms with Gasteiger partial charge in [0, 0.05) is 12.6 Å². The molecule has 2 rings (SSSR count). The standard InChI is InChI=1S/C17H27NO3/c1-5-21-13-9-12(10-13)11-14(18-2)17-15(19-3)7-6-8-16(17)20-4/h6-8,12-14,18H,5,9-11H2,1-4H3. The lowest BCUT2D eigenvalue weighted by Crippen LogP contribution is -2.34. The van der Waals surface area contributed by atoms with Crippen LogP contribution in [-0.4, -0.2) is 34.0 Å². The van der Waals surface area contributed by atoms with Crippen LogP contribution >= 0.6 is 0 Å². The van der Waals surface area contributed by atoms with Crippen molar-refractivity contribution in [3.05, 3.63) is 23.8 Å². The van der Waals surface area contributed by atoms with Crippen LogP contribution in [0.1, 0.15) is 37.8 Å². The minimum atomic E-state index is 0.240. The van der Waals surface area contributed by atoms with E-state index in [0.29, 0.717) is 12.0 Å². The van der Waals surface area contributed by atoms with Gasteiger partial charge in [0.15, 0.2) is 0 Å². The van der Waals surface area contributed by atoms with E-state index in [1.807, 2.05) is 25.2 Å². The van der Waals surface area contributed by atoms with Gasteiger partial charge in [0.2, 0.25) is 0 Å². The Labute approximate surface area is 127 Å². The fourth-order valence-corrected chi connectivity index (χ4v) is 3.18. The van der Waals surface area contributed by atoms with Crippen LogP contribution in [-0.2, 0) is 4.74 Å². The van der Waals surface area contributed by atoms with Gasteiger partial charge in [0.25, 0.3) is 0 Å². The van der Waals surface area contributed by atoms with Crippen LogP contribution in [0.2, 0.25) is 0 Å². The summed E-state index contributed by atoms with van der Waals surface area (Å²) in [7, 11) is 5.41. The highest BCUT2D eigenvalue weighted by Crippen LogP contribution is 2.41. The topological polar surface area (TPSA) is 39.7 Å². The summed E-state index contributed by atoms with van der Waals surface area (Å²) in [6.45, 7) is 2.87. The van der Waals surface area contributed by atoms with Crippen molar-refractivity contribution in [2.24, 2.45) is 5.92 Å². The molecule has 0 aliphatic heterocycles. The van der Waals surface area contributed by atoms with Gasteiger partial charge in [-0.2, -0.15) is 0 Å². The van der Waals surface area contributed by atoms with E-state index in [9.17, 15) is 0 Å². The Hall–Kier alpha value is -1.26. The Morgan fingerprint density at radius 3 is 2.29 bits per heavy atom. The number of benzene rings is 1. The van der Waals surface area contributed by atoms with E-state index in [2.05, 4.69) is 12.2 Å². The van der Waals surface area contributed by atoms with E-state index >= 15 is 0 Å². The molecule has 1 aromatic rings. The maximum atomic E-state index is 5.65. The maximum absolute atomic E-state index is 5.65. The van der Waals surface area contributed by atoms with Gasteiger partial charge in [-0.05, 0) is 51.3 Å². The van der Waals surface area contributed by atoms with Crippen molar-refractivity contribution in [1.82, 2.24) is 5.32 Å². The number of methoxy groups -OCH3 is 2. The fourth-order valence-electron chi connectivity index (χ4n) is 3.18. The molecule has 1 aliphatic carbocycles. The van der Waals surface area contributed by atoms with Gasteiger partial charge < -0.3 is 19.5 Å². The molecule has 0 spiro atoms. The SMILES string of the molecule is CCOC1CC(CC(NC)c2c(OC)cccc2OC)C1. The Kier molecular flexibility index (Phi) is 5.88. The minimum Gasteiger partial charge on any atom is -0.496 e. The predicted octanol–water partition coefficient (Wildman–Crippen LogP) is 3.17. The molecule has 0 aromatic heterocycles. The minimum absolute atomic E-state index is 0.240. The number of hydrogen-bond acceptors (Lipinski definition) is 4. The lowest BCUT2D eigenvalue weighted by molar-refractivity contribution is -0.0290. The van der Waals surface area contributed by atoms with Crippen molar-refractivity contribution in [3.8, 4) is 11.5 Å². The molecule has 1 saturated carbocycles. The molecule has 1 fully saturated rings. The monoisotopic (exact) mass is 293 g/mol. The number of hydrogen-bond donors (Lipinski definition) is 1. The van der Waals surface area contributed by atoms with Crippen LogP contribution in [0, 0.1) is 5.92 Å². The first-order valence-electron chi connectivity index (χ1n) is 7.73. The first kappa shape index (κ1) is 16.1. The fraction of sp³-hybridized carbons (Fsp3) is 0.647. The highest BCUT2D eigenvalue weighted by molar-refractivity contribution is 5.47. The molecule has 1 N–H and O–H groups in total. The van der Waals surface area contributed by atoms with Crippen LogP contribution < -0.4 is 14.8 Å². The second-order valence-corrected chi connectivity index (χ2v) is 5.57. The molecule has 0 heterocycles. The Morgan fingerprint density at radius 2 is 1.81 bits per heavy atom. The van der Waals surface area contributed by atoms with Crippen LogP contribution in [0.4, 0.5) is 0 Å². The van der Waals surface area contributed by atoms with E-state index in [0.717, 1.165) is 42.9 Å². The quantitative estimate of drug-likeness (QED) is 0.799. The van der Waals surface area contributed by atoms with Gasteiger partial charge in [-0.25, -0.2) is 0 Å². The van der Waals surface area contributed by atoms with Crippen molar-refractivity contribution in [1.29, 1.82) is 0 Å². The lowest BCUT2D eigenvalue weighted by Gasteiger charge is -2.37. The zero-order valence-corrected chi connectivity index (χ0v) is 13.5.